The summed E-state index contributed by atoms with van der Waals surface area (Å²) in [5.41, 5.74) is 1.88. The molecule has 0 amide bonds. The van der Waals surface area contributed by atoms with Crippen molar-refractivity contribution in [2.75, 3.05) is 13.1 Å². The van der Waals surface area contributed by atoms with Crippen LogP contribution >= 0.6 is 11.3 Å². The van der Waals surface area contributed by atoms with E-state index < -0.39 is 10.0 Å². The summed E-state index contributed by atoms with van der Waals surface area (Å²) in [5, 5.41) is 2.36. The van der Waals surface area contributed by atoms with Crippen molar-refractivity contribution in [2.45, 2.75) is 18.8 Å². The first kappa shape index (κ1) is 17.4. The molecule has 0 radical (unpaired) electrons. The molecule has 0 bridgehead atoms. The van der Waals surface area contributed by atoms with E-state index >= 15 is 0 Å². The summed E-state index contributed by atoms with van der Waals surface area (Å²) in [4.78, 5) is 4.73. The van der Waals surface area contributed by atoms with Crippen LogP contribution in [-0.4, -0.2) is 30.8 Å². The number of benzene rings is 2. The molecule has 1 aliphatic heterocycles. The Kier molecular flexibility index (Phi) is 4.89. The fourth-order valence-electron chi connectivity index (χ4n) is 3.25. The number of thiazole rings is 1. The fraction of sp³-hybridized carbons (Fsp3) is 0.250. The van der Waals surface area contributed by atoms with Crippen molar-refractivity contribution in [3.05, 3.63) is 70.6 Å². The number of hydrogen-bond donors (Lipinski definition) is 0. The highest BCUT2D eigenvalue weighted by Crippen LogP contribution is 2.33. The minimum Gasteiger partial charge on any atom is -0.241 e. The summed E-state index contributed by atoms with van der Waals surface area (Å²) < 4.78 is 28.2. The molecule has 6 heteroatoms. The second kappa shape index (κ2) is 7.31. The van der Waals surface area contributed by atoms with Gasteiger partial charge in [0.15, 0.2) is 0 Å². The molecule has 1 aromatic heterocycles. The molecule has 1 fully saturated rings. The van der Waals surface area contributed by atoms with Gasteiger partial charge in [0.1, 0.15) is 0 Å². The van der Waals surface area contributed by atoms with Crippen molar-refractivity contribution >= 4 is 37.7 Å². The molecule has 0 N–H and O–H groups in total. The highest BCUT2D eigenvalue weighted by molar-refractivity contribution is 7.92. The summed E-state index contributed by atoms with van der Waals surface area (Å²) in [6.45, 7) is 1.07. The van der Waals surface area contributed by atoms with Gasteiger partial charge in [0.25, 0.3) is 0 Å². The number of aromatic nitrogens is 1. The van der Waals surface area contributed by atoms with E-state index in [1.165, 1.54) is 5.41 Å². The van der Waals surface area contributed by atoms with Crippen molar-refractivity contribution < 1.29 is 8.42 Å². The lowest BCUT2D eigenvalue weighted by atomic mass is 10.0. The van der Waals surface area contributed by atoms with Crippen LogP contribution < -0.4 is 0 Å². The van der Waals surface area contributed by atoms with Gasteiger partial charge in [-0.15, -0.1) is 11.3 Å². The van der Waals surface area contributed by atoms with Crippen molar-refractivity contribution in [3.63, 3.8) is 0 Å². The molecule has 0 spiro atoms. The van der Waals surface area contributed by atoms with Gasteiger partial charge >= 0.3 is 0 Å². The Balaban J connectivity index is 1.53. The van der Waals surface area contributed by atoms with Crippen molar-refractivity contribution in [1.29, 1.82) is 0 Å². The molecule has 1 atom stereocenters. The molecule has 4 rings (SSSR count). The fourth-order valence-corrected chi connectivity index (χ4v) is 5.62. The van der Waals surface area contributed by atoms with E-state index in [2.05, 4.69) is 6.07 Å². The highest BCUT2D eigenvalue weighted by atomic mass is 32.2. The Hall–Kier alpha value is -2.02. The van der Waals surface area contributed by atoms with Crippen molar-refractivity contribution in [2.24, 2.45) is 0 Å². The van der Waals surface area contributed by atoms with E-state index in [9.17, 15) is 8.42 Å². The van der Waals surface area contributed by atoms with Gasteiger partial charge in [-0.2, -0.15) is 4.31 Å². The van der Waals surface area contributed by atoms with Gasteiger partial charge in [0.05, 0.1) is 15.2 Å². The van der Waals surface area contributed by atoms with Crippen LogP contribution in [0.3, 0.4) is 0 Å². The smallest absolute Gasteiger partial charge is 0.236 e. The first-order valence-electron chi connectivity index (χ1n) is 8.70. The quantitative estimate of drug-likeness (QED) is 0.666. The maximum absolute atomic E-state index is 12.7. The molecule has 3 aromatic rings. The summed E-state index contributed by atoms with van der Waals surface area (Å²) in [7, 11) is -3.42. The third-order valence-corrected chi connectivity index (χ3v) is 7.37. The standard InChI is InChI=1S/C20H20N2O2S2/c23-26(24,14-12-16-7-2-1-3-8-16)22-13-6-9-17(15-22)20-21-18-10-4-5-11-19(18)25-20/h1-5,7-8,10-12,14,17H,6,9,13,15H2/b14-12+. The number of piperidine rings is 1. The lowest BCUT2D eigenvalue weighted by molar-refractivity contribution is 0.318. The van der Waals surface area contributed by atoms with Crippen LogP contribution in [0.1, 0.15) is 29.3 Å². The monoisotopic (exact) mass is 384 g/mol. The van der Waals surface area contributed by atoms with Crippen molar-refractivity contribution in [3.8, 4) is 0 Å². The van der Waals surface area contributed by atoms with Crippen LogP contribution in [0.5, 0.6) is 0 Å². The number of rotatable bonds is 4. The van der Waals surface area contributed by atoms with E-state index in [-0.39, 0.29) is 5.92 Å². The molecule has 1 aliphatic rings. The number of para-hydroxylation sites is 1. The highest BCUT2D eigenvalue weighted by Gasteiger charge is 2.29. The Bertz CT molecular complexity index is 993. The predicted octanol–water partition coefficient (Wildman–Crippen LogP) is 4.48. The van der Waals surface area contributed by atoms with Crippen molar-refractivity contribution in [1.82, 2.24) is 9.29 Å². The maximum Gasteiger partial charge on any atom is 0.236 e. The number of hydrogen-bond acceptors (Lipinski definition) is 4. The number of fused-ring (bicyclic) bond motifs is 1. The van der Waals surface area contributed by atoms with Gasteiger partial charge < -0.3 is 0 Å². The Labute approximate surface area is 157 Å². The van der Waals surface area contributed by atoms with Crippen LogP contribution in [0, 0.1) is 0 Å². The Morgan fingerprint density at radius 2 is 1.85 bits per heavy atom. The molecule has 1 unspecified atom stereocenters. The van der Waals surface area contributed by atoms with Gasteiger partial charge in [-0.05, 0) is 36.6 Å². The molecular weight excluding hydrogens is 364 g/mol. The SMILES string of the molecule is O=S(=O)(/C=C/c1ccccc1)N1CCCC(c2nc3ccccc3s2)C1. The summed E-state index contributed by atoms with van der Waals surface area (Å²) >= 11 is 1.68. The van der Waals surface area contributed by atoms with Crippen LogP contribution in [0.2, 0.25) is 0 Å². The second-order valence-corrected chi connectivity index (χ2v) is 9.36. The van der Waals surface area contributed by atoms with Gasteiger partial charge in [-0.1, -0.05) is 42.5 Å². The van der Waals surface area contributed by atoms with Gasteiger partial charge in [-0.3, -0.25) is 0 Å². The zero-order valence-corrected chi connectivity index (χ0v) is 15.9. The predicted molar refractivity (Wildman–Crippen MR) is 108 cm³/mol. The molecule has 2 aromatic carbocycles. The lowest BCUT2D eigenvalue weighted by Gasteiger charge is -2.29. The van der Waals surface area contributed by atoms with Crippen LogP contribution in [0.4, 0.5) is 0 Å². The Morgan fingerprint density at radius 1 is 1.08 bits per heavy atom. The van der Waals surface area contributed by atoms with Crippen LogP contribution in [-0.2, 0) is 10.0 Å². The minimum absolute atomic E-state index is 0.168. The topological polar surface area (TPSA) is 50.3 Å². The zero-order valence-electron chi connectivity index (χ0n) is 14.3. The average molecular weight is 385 g/mol. The largest absolute Gasteiger partial charge is 0.241 e. The lowest BCUT2D eigenvalue weighted by Crippen LogP contribution is -2.37. The molecule has 4 nitrogen and oxygen atoms in total. The van der Waals surface area contributed by atoms with Gasteiger partial charge in [0.2, 0.25) is 10.0 Å². The maximum atomic E-state index is 12.7. The van der Waals surface area contributed by atoms with Gasteiger partial charge in [-0.25, -0.2) is 13.4 Å². The summed E-state index contributed by atoms with van der Waals surface area (Å²) in [6.07, 6.45) is 3.50. The van der Waals surface area contributed by atoms with E-state index in [0.717, 1.165) is 33.6 Å². The molecular formula is C20H20N2O2S2. The van der Waals surface area contributed by atoms with E-state index in [1.807, 2.05) is 48.5 Å². The second-order valence-electron chi connectivity index (χ2n) is 6.48. The molecule has 1 saturated heterocycles. The number of nitrogens with zero attached hydrogens (tertiary/aromatic N) is 2. The third-order valence-electron chi connectivity index (χ3n) is 4.64. The third kappa shape index (κ3) is 3.72. The van der Waals surface area contributed by atoms with Crippen LogP contribution in [0.25, 0.3) is 16.3 Å². The minimum atomic E-state index is -3.42. The van der Waals surface area contributed by atoms with Gasteiger partial charge in [0, 0.05) is 24.4 Å². The normalized spacial score (nSPS) is 19.3. The van der Waals surface area contributed by atoms with Crippen LogP contribution in [0.15, 0.2) is 60.0 Å². The molecule has 26 heavy (non-hydrogen) atoms. The molecule has 0 aliphatic carbocycles. The average Bonchev–Trinajstić information content (AvgIpc) is 3.12. The first-order chi connectivity index (χ1) is 12.6. The van der Waals surface area contributed by atoms with E-state index in [0.29, 0.717) is 13.1 Å². The summed E-state index contributed by atoms with van der Waals surface area (Å²) in [5.74, 6) is 0.168. The molecule has 2 heterocycles. The first-order valence-corrected chi connectivity index (χ1v) is 11.0. The molecule has 134 valence electrons. The molecule has 0 saturated carbocycles. The Morgan fingerprint density at radius 3 is 2.65 bits per heavy atom. The van der Waals surface area contributed by atoms with E-state index in [4.69, 9.17) is 4.98 Å². The number of sulfonamides is 1. The van der Waals surface area contributed by atoms with E-state index in [1.54, 1.807) is 21.7 Å². The zero-order chi connectivity index (χ0) is 18.0. The summed E-state index contributed by atoms with van der Waals surface area (Å²) in [6, 6.07) is 17.6.